The zero-order valence-electron chi connectivity index (χ0n) is 8.46. The summed E-state index contributed by atoms with van der Waals surface area (Å²) in [5, 5.41) is 10.7. The van der Waals surface area contributed by atoms with Gasteiger partial charge in [-0.25, -0.2) is 4.79 Å². The van der Waals surface area contributed by atoms with E-state index in [1.807, 2.05) is 0 Å². The minimum absolute atomic E-state index is 0.155. The molecule has 0 spiro atoms. The van der Waals surface area contributed by atoms with Crippen molar-refractivity contribution in [1.82, 2.24) is 5.32 Å². The Morgan fingerprint density at radius 3 is 2.40 bits per heavy atom. The van der Waals surface area contributed by atoms with Crippen molar-refractivity contribution in [2.75, 3.05) is 0 Å². The first-order chi connectivity index (χ1) is 6.93. The van der Waals surface area contributed by atoms with Crippen LogP contribution in [0.3, 0.4) is 0 Å². The molecule has 0 aromatic carbocycles. The van der Waals surface area contributed by atoms with Gasteiger partial charge in [-0.3, -0.25) is 14.9 Å². The molecule has 5 nitrogen and oxygen atoms in total. The molecule has 1 rings (SSSR count). The highest BCUT2D eigenvalue weighted by Crippen LogP contribution is 2.16. The summed E-state index contributed by atoms with van der Waals surface area (Å²) in [6.45, 7) is 2.98. The topological polar surface area (TPSA) is 83.5 Å². The quantitative estimate of drug-likeness (QED) is 0.520. The zero-order valence-corrected chi connectivity index (χ0v) is 8.46. The summed E-state index contributed by atoms with van der Waals surface area (Å²) in [5.74, 6) is -1.87. The summed E-state index contributed by atoms with van der Waals surface area (Å²) in [4.78, 5) is 32.7. The summed E-state index contributed by atoms with van der Waals surface area (Å²) in [7, 11) is 0. The van der Waals surface area contributed by atoms with Crippen LogP contribution in [0.4, 0.5) is 0 Å². The normalized spacial score (nSPS) is 17.1. The summed E-state index contributed by atoms with van der Waals surface area (Å²) < 4.78 is 0. The van der Waals surface area contributed by atoms with Gasteiger partial charge >= 0.3 is 5.97 Å². The molecule has 1 aliphatic rings. The van der Waals surface area contributed by atoms with Crippen LogP contribution in [0.2, 0.25) is 0 Å². The number of amides is 2. The molecule has 0 saturated carbocycles. The summed E-state index contributed by atoms with van der Waals surface area (Å²) in [6, 6.07) is 0. The minimum atomic E-state index is -1.03. The lowest BCUT2D eigenvalue weighted by atomic mass is 10.1. The van der Waals surface area contributed by atoms with E-state index in [4.69, 9.17) is 5.11 Å². The number of carboxylic acids is 1. The van der Waals surface area contributed by atoms with Crippen molar-refractivity contribution < 1.29 is 19.5 Å². The van der Waals surface area contributed by atoms with E-state index >= 15 is 0 Å². The van der Waals surface area contributed by atoms with Gasteiger partial charge in [0.1, 0.15) is 0 Å². The highest BCUT2D eigenvalue weighted by atomic mass is 16.4. The number of hydrogen-bond donors (Lipinski definition) is 2. The molecule has 5 heteroatoms. The van der Waals surface area contributed by atoms with E-state index in [1.165, 1.54) is 13.0 Å². The van der Waals surface area contributed by atoms with Crippen molar-refractivity contribution in [1.29, 1.82) is 0 Å². The van der Waals surface area contributed by atoms with Crippen LogP contribution in [0.15, 0.2) is 22.8 Å². The van der Waals surface area contributed by atoms with Gasteiger partial charge in [0.25, 0.3) is 11.8 Å². The minimum Gasteiger partial charge on any atom is -0.478 e. The Balaban J connectivity index is 2.84. The Labute approximate surface area is 86.5 Å². The standard InChI is InChI=1S/C10H11NO4/c1-5(10(14)15)3-4-7-6(2)8(12)11-9(7)13/h3H,4H2,1-2H3,(H,14,15)(H,11,12,13)/b5-3+. The van der Waals surface area contributed by atoms with E-state index in [-0.39, 0.29) is 12.0 Å². The van der Waals surface area contributed by atoms with Gasteiger partial charge in [0, 0.05) is 16.7 Å². The van der Waals surface area contributed by atoms with Crippen molar-refractivity contribution in [2.45, 2.75) is 20.3 Å². The van der Waals surface area contributed by atoms with Crippen LogP contribution in [-0.4, -0.2) is 22.9 Å². The van der Waals surface area contributed by atoms with E-state index in [9.17, 15) is 14.4 Å². The highest BCUT2D eigenvalue weighted by molar-refractivity contribution is 6.19. The molecule has 0 fully saturated rings. The first-order valence-corrected chi connectivity index (χ1v) is 4.39. The van der Waals surface area contributed by atoms with Crippen LogP contribution >= 0.6 is 0 Å². The average Bonchev–Trinajstić information content (AvgIpc) is 2.38. The van der Waals surface area contributed by atoms with Crippen molar-refractivity contribution in [3.63, 3.8) is 0 Å². The zero-order chi connectivity index (χ0) is 11.6. The SMILES string of the molecule is CC1=C(C/C=C(\C)C(=O)O)C(=O)NC1=O. The van der Waals surface area contributed by atoms with Crippen molar-refractivity contribution in [3.05, 3.63) is 22.8 Å². The third-order valence-electron chi connectivity index (χ3n) is 2.24. The Morgan fingerprint density at radius 1 is 1.40 bits per heavy atom. The molecule has 2 N–H and O–H groups in total. The lowest BCUT2D eigenvalue weighted by molar-refractivity contribution is -0.132. The number of imide groups is 1. The predicted octanol–water partition coefficient (Wildman–Crippen LogP) is 0.380. The van der Waals surface area contributed by atoms with Crippen LogP contribution in [0.1, 0.15) is 20.3 Å². The molecular weight excluding hydrogens is 198 g/mol. The fraction of sp³-hybridized carbons (Fsp3) is 0.300. The lowest BCUT2D eigenvalue weighted by Gasteiger charge is -1.96. The number of carboxylic acid groups (broad SMARTS) is 1. The molecule has 1 heterocycles. The molecule has 2 amide bonds. The van der Waals surface area contributed by atoms with Gasteiger partial charge in [-0.1, -0.05) is 6.08 Å². The van der Waals surface area contributed by atoms with Gasteiger partial charge in [0.05, 0.1) is 0 Å². The van der Waals surface area contributed by atoms with E-state index < -0.39 is 17.8 Å². The molecule has 0 saturated heterocycles. The average molecular weight is 209 g/mol. The van der Waals surface area contributed by atoms with Crippen molar-refractivity contribution in [3.8, 4) is 0 Å². The van der Waals surface area contributed by atoms with Gasteiger partial charge in [-0.05, 0) is 20.3 Å². The Morgan fingerprint density at radius 2 is 2.00 bits per heavy atom. The van der Waals surface area contributed by atoms with Gasteiger partial charge in [-0.2, -0.15) is 0 Å². The fourth-order valence-electron chi connectivity index (χ4n) is 1.17. The van der Waals surface area contributed by atoms with E-state index in [0.29, 0.717) is 11.1 Å². The number of aliphatic carboxylic acids is 1. The fourth-order valence-corrected chi connectivity index (χ4v) is 1.17. The van der Waals surface area contributed by atoms with Crippen LogP contribution in [0, 0.1) is 0 Å². The van der Waals surface area contributed by atoms with Crippen LogP contribution < -0.4 is 5.32 Å². The van der Waals surface area contributed by atoms with Crippen LogP contribution in [0.5, 0.6) is 0 Å². The first-order valence-electron chi connectivity index (χ1n) is 4.39. The molecule has 0 unspecified atom stereocenters. The number of carbonyl (C=O) groups excluding carboxylic acids is 2. The third-order valence-corrected chi connectivity index (χ3v) is 2.24. The molecule has 0 aromatic heterocycles. The molecule has 1 aliphatic heterocycles. The number of allylic oxidation sites excluding steroid dienone is 1. The largest absolute Gasteiger partial charge is 0.478 e. The van der Waals surface area contributed by atoms with Crippen molar-refractivity contribution in [2.24, 2.45) is 0 Å². The van der Waals surface area contributed by atoms with E-state index in [1.54, 1.807) is 6.92 Å². The maximum Gasteiger partial charge on any atom is 0.330 e. The van der Waals surface area contributed by atoms with Gasteiger partial charge in [-0.15, -0.1) is 0 Å². The molecule has 0 radical (unpaired) electrons. The van der Waals surface area contributed by atoms with Gasteiger partial charge < -0.3 is 5.11 Å². The molecule has 0 aliphatic carbocycles. The van der Waals surface area contributed by atoms with Gasteiger partial charge in [0.15, 0.2) is 0 Å². The number of carbonyl (C=O) groups is 3. The Kier molecular flexibility index (Phi) is 3.04. The monoisotopic (exact) mass is 209 g/mol. The Bertz CT molecular complexity index is 404. The second-order valence-corrected chi connectivity index (χ2v) is 3.28. The number of hydrogen-bond acceptors (Lipinski definition) is 3. The molecule has 80 valence electrons. The lowest BCUT2D eigenvalue weighted by Crippen LogP contribution is -2.22. The number of nitrogens with one attached hydrogen (secondary N) is 1. The predicted molar refractivity (Wildman–Crippen MR) is 51.9 cm³/mol. The van der Waals surface area contributed by atoms with Crippen molar-refractivity contribution >= 4 is 17.8 Å². The second kappa shape index (κ2) is 4.08. The summed E-state index contributed by atoms with van der Waals surface area (Å²) in [5.41, 5.74) is 0.845. The maximum atomic E-state index is 11.2. The first kappa shape index (κ1) is 11.2. The maximum absolute atomic E-state index is 11.2. The molecular formula is C10H11NO4. The van der Waals surface area contributed by atoms with Gasteiger partial charge in [0.2, 0.25) is 0 Å². The number of rotatable bonds is 3. The summed E-state index contributed by atoms with van der Waals surface area (Å²) in [6.07, 6.45) is 1.58. The molecule has 0 bridgehead atoms. The third kappa shape index (κ3) is 2.31. The molecule has 15 heavy (non-hydrogen) atoms. The van der Waals surface area contributed by atoms with E-state index in [2.05, 4.69) is 5.32 Å². The smallest absolute Gasteiger partial charge is 0.330 e. The van der Waals surface area contributed by atoms with Crippen LogP contribution in [0.25, 0.3) is 0 Å². The summed E-state index contributed by atoms with van der Waals surface area (Å²) >= 11 is 0. The Hall–Kier alpha value is -1.91. The molecule has 0 atom stereocenters. The second-order valence-electron chi connectivity index (χ2n) is 3.28. The van der Waals surface area contributed by atoms with Crippen LogP contribution in [-0.2, 0) is 14.4 Å². The highest BCUT2D eigenvalue weighted by Gasteiger charge is 2.25. The molecule has 0 aromatic rings. The van der Waals surface area contributed by atoms with E-state index in [0.717, 1.165) is 0 Å².